The van der Waals surface area contributed by atoms with E-state index in [1.807, 2.05) is 18.2 Å². The Labute approximate surface area is 141 Å². The highest BCUT2D eigenvalue weighted by Gasteiger charge is 2.02. The van der Waals surface area contributed by atoms with Gasteiger partial charge in [-0.15, -0.1) is 0 Å². The van der Waals surface area contributed by atoms with Crippen molar-refractivity contribution in [1.29, 1.82) is 0 Å². The molecule has 0 rings (SSSR count). The van der Waals surface area contributed by atoms with Gasteiger partial charge in [0, 0.05) is 6.08 Å². The Morgan fingerprint density at radius 3 is 2.17 bits per heavy atom. The molecule has 0 aromatic heterocycles. The fraction of sp³-hybridized carbons (Fsp3) is 0.650. The Hall–Kier alpha value is -1.35. The lowest BCUT2D eigenvalue weighted by molar-refractivity contribution is -0.131. The van der Waals surface area contributed by atoms with Crippen molar-refractivity contribution in [2.24, 2.45) is 0 Å². The molecule has 0 saturated heterocycles. The molecule has 0 aromatic rings. The first-order valence-electron chi connectivity index (χ1n) is 9.07. The Bertz CT molecular complexity index is 356. The molecule has 2 N–H and O–H groups in total. The SMILES string of the molecule is CCCCCCCCCC(O)CCCC=CC=CC=CC(=O)O. The molecule has 0 aromatic carbocycles. The summed E-state index contributed by atoms with van der Waals surface area (Å²) in [7, 11) is 0. The largest absolute Gasteiger partial charge is 0.478 e. The molecule has 0 aliphatic heterocycles. The number of unbranched alkanes of at least 4 members (excludes halogenated alkanes) is 7. The molecule has 0 aliphatic rings. The second-order valence-electron chi connectivity index (χ2n) is 6.01. The molecular formula is C20H34O3. The van der Waals surface area contributed by atoms with Gasteiger partial charge in [0.25, 0.3) is 0 Å². The molecule has 0 amide bonds. The molecule has 0 fully saturated rings. The zero-order valence-electron chi connectivity index (χ0n) is 14.6. The standard InChI is InChI=1S/C20H34O3/c1-2-3-4-5-7-10-13-16-19(21)17-14-11-8-6-9-12-15-18-20(22)23/h6,8-9,12,15,18-19,21H,2-5,7,10-11,13-14,16-17H2,1H3,(H,22,23). The lowest BCUT2D eigenvalue weighted by Crippen LogP contribution is -2.05. The van der Waals surface area contributed by atoms with Gasteiger partial charge >= 0.3 is 5.97 Å². The highest BCUT2D eigenvalue weighted by molar-refractivity contribution is 5.80. The van der Waals surface area contributed by atoms with E-state index in [1.165, 1.54) is 44.6 Å². The number of aliphatic hydroxyl groups is 1. The predicted octanol–water partition coefficient (Wildman–Crippen LogP) is 5.41. The Morgan fingerprint density at radius 2 is 1.48 bits per heavy atom. The van der Waals surface area contributed by atoms with E-state index in [9.17, 15) is 9.90 Å². The van der Waals surface area contributed by atoms with Gasteiger partial charge in [0.05, 0.1) is 6.10 Å². The highest BCUT2D eigenvalue weighted by Crippen LogP contribution is 2.12. The number of hydrogen-bond donors (Lipinski definition) is 2. The number of carboxylic acid groups (broad SMARTS) is 1. The van der Waals surface area contributed by atoms with Crippen molar-refractivity contribution in [3.8, 4) is 0 Å². The highest BCUT2D eigenvalue weighted by atomic mass is 16.4. The van der Waals surface area contributed by atoms with Crippen LogP contribution in [0.25, 0.3) is 0 Å². The summed E-state index contributed by atoms with van der Waals surface area (Å²) >= 11 is 0. The zero-order chi connectivity index (χ0) is 17.2. The first-order chi connectivity index (χ1) is 11.2. The summed E-state index contributed by atoms with van der Waals surface area (Å²) in [4.78, 5) is 10.2. The maximum Gasteiger partial charge on any atom is 0.328 e. The number of allylic oxidation sites excluding steroid dienone is 5. The quantitative estimate of drug-likeness (QED) is 0.241. The molecule has 23 heavy (non-hydrogen) atoms. The smallest absolute Gasteiger partial charge is 0.328 e. The van der Waals surface area contributed by atoms with Gasteiger partial charge in [-0.3, -0.25) is 0 Å². The van der Waals surface area contributed by atoms with Crippen LogP contribution in [-0.2, 0) is 4.79 Å². The molecule has 0 spiro atoms. The summed E-state index contributed by atoms with van der Waals surface area (Å²) in [6.07, 6.45) is 22.7. The summed E-state index contributed by atoms with van der Waals surface area (Å²) < 4.78 is 0. The third kappa shape index (κ3) is 18.6. The lowest BCUT2D eigenvalue weighted by atomic mass is 10.0. The first kappa shape index (κ1) is 21.6. The van der Waals surface area contributed by atoms with Crippen LogP contribution in [-0.4, -0.2) is 22.3 Å². The van der Waals surface area contributed by atoms with Crippen molar-refractivity contribution in [3.63, 3.8) is 0 Å². The van der Waals surface area contributed by atoms with Crippen LogP contribution in [0.1, 0.15) is 77.6 Å². The van der Waals surface area contributed by atoms with E-state index in [0.29, 0.717) is 0 Å². The second-order valence-corrected chi connectivity index (χ2v) is 6.01. The van der Waals surface area contributed by atoms with Gasteiger partial charge < -0.3 is 10.2 Å². The van der Waals surface area contributed by atoms with E-state index >= 15 is 0 Å². The van der Waals surface area contributed by atoms with Gasteiger partial charge in [-0.05, 0) is 25.7 Å². The molecule has 3 heteroatoms. The van der Waals surface area contributed by atoms with Crippen LogP contribution >= 0.6 is 0 Å². The van der Waals surface area contributed by atoms with Crippen molar-refractivity contribution in [2.75, 3.05) is 0 Å². The van der Waals surface area contributed by atoms with Crippen LogP contribution in [0.4, 0.5) is 0 Å². The van der Waals surface area contributed by atoms with Crippen molar-refractivity contribution >= 4 is 5.97 Å². The van der Waals surface area contributed by atoms with Crippen LogP contribution in [0.2, 0.25) is 0 Å². The lowest BCUT2D eigenvalue weighted by Gasteiger charge is -2.09. The minimum atomic E-state index is -0.937. The van der Waals surface area contributed by atoms with Gasteiger partial charge in [0.2, 0.25) is 0 Å². The summed E-state index contributed by atoms with van der Waals surface area (Å²) in [5.41, 5.74) is 0. The molecule has 1 unspecified atom stereocenters. The van der Waals surface area contributed by atoms with Crippen LogP contribution in [0.5, 0.6) is 0 Å². The van der Waals surface area contributed by atoms with Crippen molar-refractivity contribution < 1.29 is 15.0 Å². The number of carbonyl (C=O) groups is 1. The van der Waals surface area contributed by atoms with Gasteiger partial charge in [-0.2, -0.15) is 0 Å². The Morgan fingerprint density at radius 1 is 0.870 bits per heavy atom. The topological polar surface area (TPSA) is 57.5 Å². The first-order valence-corrected chi connectivity index (χ1v) is 9.07. The monoisotopic (exact) mass is 322 g/mol. The average Bonchev–Trinajstić information content (AvgIpc) is 2.52. The molecule has 0 bridgehead atoms. The van der Waals surface area contributed by atoms with Gasteiger partial charge in [-0.1, -0.05) is 82.2 Å². The van der Waals surface area contributed by atoms with Crippen LogP contribution in [0.15, 0.2) is 36.5 Å². The summed E-state index contributed by atoms with van der Waals surface area (Å²) in [6.45, 7) is 2.23. The summed E-state index contributed by atoms with van der Waals surface area (Å²) in [6, 6.07) is 0. The molecule has 132 valence electrons. The van der Waals surface area contributed by atoms with E-state index < -0.39 is 5.97 Å². The normalized spacial score (nSPS) is 13.5. The van der Waals surface area contributed by atoms with Crippen LogP contribution < -0.4 is 0 Å². The van der Waals surface area contributed by atoms with Crippen LogP contribution in [0.3, 0.4) is 0 Å². The molecule has 0 saturated carbocycles. The van der Waals surface area contributed by atoms with E-state index in [-0.39, 0.29) is 6.10 Å². The Kier molecular flexibility index (Phi) is 16.0. The van der Waals surface area contributed by atoms with E-state index in [4.69, 9.17) is 5.11 Å². The number of aliphatic carboxylic acids is 1. The predicted molar refractivity (Wildman–Crippen MR) is 97.5 cm³/mol. The zero-order valence-corrected chi connectivity index (χ0v) is 14.6. The molecular weight excluding hydrogens is 288 g/mol. The number of hydrogen-bond acceptors (Lipinski definition) is 2. The summed E-state index contributed by atoms with van der Waals surface area (Å²) in [5.74, 6) is -0.937. The second kappa shape index (κ2) is 17.0. The third-order valence-corrected chi connectivity index (χ3v) is 3.76. The fourth-order valence-electron chi connectivity index (χ4n) is 2.39. The maximum atomic E-state index is 10.2. The molecule has 0 aliphatic carbocycles. The molecule has 0 heterocycles. The van der Waals surface area contributed by atoms with Crippen molar-refractivity contribution in [2.45, 2.75) is 83.7 Å². The van der Waals surface area contributed by atoms with Gasteiger partial charge in [0.15, 0.2) is 0 Å². The van der Waals surface area contributed by atoms with Crippen molar-refractivity contribution in [1.82, 2.24) is 0 Å². The summed E-state index contributed by atoms with van der Waals surface area (Å²) in [5, 5.41) is 18.3. The van der Waals surface area contributed by atoms with E-state index in [0.717, 1.165) is 38.2 Å². The van der Waals surface area contributed by atoms with E-state index in [2.05, 4.69) is 6.92 Å². The van der Waals surface area contributed by atoms with Gasteiger partial charge in [0.1, 0.15) is 0 Å². The van der Waals surface area contributed by atoms with Crippen molar-refractivity contribution in [3.05, 3.63) is 36.5 Å². The number of carboxylic acids is 1. The fourth-order valence-corrected chi connectivity index (χ4v) is 2.39. The minimum Gasteiger partial charge on any atom is -0.478 e. The minimum absolute atomic E-state index is 0.159. The van der Waals surface area contributed by atoms with Crippen LogP contribution in [0, 0.1) is 0 Å². The molecule has 0 radical (unpaired) electrons. The average molecular weight is 322 g/mol. The molecule has 1 atom stereocenters. The maximum absolute atomic E-state index is 10.2. The Balaban J connectivity index is 3.42. The number of rotatable bonds is 15. The number of aliphatic hydroxyl groups excluding tert-OH is 1. The third-order valence-electron chi connectivity index (χ3n) is 3.76. The molecule has 3 nitrogen and oxygen atoms in total. The van der Waals surface area contributed by atoms with Gasteiger partial charge in [-0.25, -0.2) is 4.79 Å². The van der Waals surface area contributed by atoms with E-state index in [1.54, 1.807) is 6.08 Å².